The van der Waals surface area contributed by atoms with Crippen molar-refractivity contribution in [3.8, 4) is 5.75 Å². The lowest BCUT2D eigenvalue weighted by molar-refractivity contribution is -0.131. The van der Waals surface area contributed by atoms with Crippen LogP contribution in [0, 0.1) is 0 Å². The van der Waals surface area contributed by atoms with Crippen LogP contribution in [-0.2, 0) is 9.59 Å². The smallest absolute Gasteiger partial charge is 0.263 e. The molecule has 0 aromatic heterocycles. The summed E-state index contributed by atoms with van der Waals surface area (Å²) in [4.78, 5) is 29.7. The van der Waals surface area contributed by atoms with Crippen LogP contribution in [0.4, 0.5) is 5.69 Å². The van der Waals surface area contributed by atoms with Crippen molar-refractivity contribution >= 4 is 17.5 Å². The van der Waals surface area contributed by atoms with E-state index >= 15 is 0 Å². The second-order valence-corrected chi connectivity index (χ2v) is 8.07. The molecule has 1 aliphatic rings. The normalized spacial score (nSPS) is 16.3. The molecule has 166 valence electrons. The predicted molar refractivity (Wildman–Crippen MR) is 123 cm³/mol. The summed E-state index contributed by atoms with van der Waals surface area (Å²) in [5.74, 6) is 0.490. The summed E-state index contributed by atoms with van der Waals surface area (Å²) in [5, 5.41) is 3.07. The Morgan fingerprint density at radius 2 is 1.74 bits per heavy atom. The van der Waals surface area contributed by atoms with E-state index in [1.54, 1.807) is 4.90 Å². The largest absolute Gasteiger partial charge is 0.477 e. The number of fused-ring (bicyclic) bond motifs is 1. The molecule has 0 radical (unpaired) electrons. The molecule has 6 heteroatoms. The number of carbonyl (C=O) groups excluding carboxylic acids is 2. The maximum atomic E-state index is 13.1. The van der Waals surface area contributed by atoms with Crippen LogP contribution in [0.5, 0.6) is 5.75 Å². The van der Waals surface area contributed by atoms with Gasteiger partial charge in [-0.3, -0.25) is 9.59 Å². The summed E-state index contributed by atoms with van der Waals surface area (Å²) in [7, 11) is 1.82. The lowest BCUT2D eigenvalue weighted by Crippen LogP contribution is -2.53. The first-order valence-electron chi connectivity index (χ1n) is 11.1. The predicted octanol–water partition coefficient (Wildman–Crippen LogP) is 3.78. The number of benzene rings is 2. The third kappa shape index (κ3) is 5.37. The molecule has 6 nitrogen and oxygen atoms in total. The number of para-hydroxylation sites is 2. The van der Waals surface area contributed by atoms with E-state index in [-0.39, 0.29) is 30.4 Å². The van der Waals surface area contributed by atoms with Crippen molar-refractivity contribution in [2.24, 2.45) is 0 Å². The van der Waals surface area contributed by atoms with Gasteiger partial charge in [-0.2, -0.15) is 0 Å². The van der Waals surface area contributed by atoms with Gasteiger partial charge in [0.25, 0.3) is 5.91 Å². The highest BCUT2D eigenvalue weighted by atomic mass is 16.5. The summed E-state index contributed by atoms with van der Waals surface area (Å²) in [6, 6.07) is 17.6. The first-order chi connectivity index (χ1) is 14.9. The van der Waals surface area contributed by atoms with Crippen LogP contribution in [-0.4, -0.2) is 49.0 Å². The molecule has 3 rings (SSSR count). The number of anilines is 1. The van der Waals surface area contributed by atoms with E-state index in [2.05, 4.69) is 19.2 Å². The summed E-state index contributed by atoms with van der Waals surface area (Å²) in [6.07, 6.45) is 1.09. The van der Waals surface area contributed by atoms with Crippen molar-refractivity contribution < 1.29 is 14.3 Å². The minimum absolute atomic E-state index is 0.00722. The Bertz CT molecular complexity index is 883. The van der Waals surface area contributed by atoms with E-state index in [4.69, 9.17) is 4.74 Å². The highest BCUT2D eigenvalue weighted by Gasteiger charge is 2.33. The summed E-state index contributed by atoms with van der Waals surface area (Å²) < 4.78 is 5.99. The van der Waals surface area contributed by atoms with Crippen molar-refractivity contribution in [2.45, 2.75) is 51.8 Å². The third-order valence-electron chi connectivity index (χ3n) is 6.07. The van der Waals surface area contributed by atoms with Gasteiger partial charge in [0.1, 0.15) is 5.75 Å². The molecule has 0 spiro atoms. The molecule has 2 aromatic rings. The van der Waals surface area contributed by atoms with Crippen LogP contribution < -0.4 is 15.0 Å². The van der Waals surface area contributed by atoms with Crippen LogP contribution in [0.3, 0.4) is 0 Å². The number of nitrogens with zero attached hydrogens (tertiary/aromatic N) is 2. The second kappa shape index (κ2) is 10.3. The van der Waals surface area contributed by atoms with Gasteiger partial charge < -0.3 is 19.9 Å². The van der Waals surface area contributed by atoms with Crippen LogP contribution in [0.15, 0.2) is 54.6 Å². The number of likely N-dealkylation sites (N-methyl/N-ethyl adjacent to an activating group) is 1. The van der Waals surface area contributed by atoms with Gasteiger partial charge >= 0.3 is 0 Å². The monoisotopic (exact) mass is 423 g/mol. The van der Waals surface area contributed by atoms with Crippen LogP contribution in [0.1, 0.15) is 45.2 Å². The molecular weight excluding hydrogens is 390 g/mol. The van der Waals surface area contributed by atoms with Gasteiger partial charge in [-0.25, -0.2) is 0 Å². The van der Waals surface area contributed by atoms with E-state index in [1.165, 1.54) is 0 Å². The third-order valence-corrected chi connectivity index (χ3v) is 6.07. The van der Waals surface area contributed by atoms with Crippen molar-refractivity contribution in [1.82, 2.24) is 10.2 Å². The SMILES string of the molecule is CCC(CC)NC(=O)C1CN(CC(=O)N(C)C(C)c2ccccc2)c2ccccc2O1. The quantitative estimate of drug-likeness (QED) is 0.702. The molecule has 2 amide bonds. The van der Waals surface area contributed by atoms with Crippen LogP contribution >= 0.6 is 0 Å². The molecule has 1 aliphatic heterocycles. The summed E-state index contributed by atoms with van der Waals surface area (Å²) >= 11 is 0. The molecule has 0 saturated carbocycles. The van der Waals surface area contributed by atoms with Gasteiger partial charge in [0, 0.05) is 13.1 Å². The summed E-state index contributed by atoms with van der Waals surface area (Å²) in [5.41, 5.74) is 1.92. The maximum absolute atomic E-state index is 13.1. The van der Waals surface area contributed by atoms with Crippen LogP contribution in [0.25, 0.3) is 0 Å². The van der Waals surface area contributed by atoms with E-state index in [0.29, 0.717) is 12.3 Å². The molecule has 31 heavy (non-hydrogen) atoms. The lowest BCUT2D eigenvalue weighted by Gasteiger charge is -2.37. The lowest BCUT2D eigenvalue weighted by atomic mass is 10.1. The molecule has 2 unspecified atom stereocenters. The number of hydrogen-bond acceptors (Lipinski definition) is 4. The van der Waals surface area contributed by atoms with Gasteiger partial charge in [-0.1, -0.05) is 56.3 Å². The van der Waals surface area contributed by atoms with E-state index in [1.807, 2.05) is 73.5 Å². The number of rotatable bonds is 8. The standard InChI is InChI=1S/C25H33N3O3/c1-5-20(6-2)26-25(30)23-16-28(21-14-10-11-15-22(21)31-23)17-24(29)27(4)18(3)19-12-8-7-9-13-19/h7-15,18,20,23H,5-6,16-17H2,1-4H3,(H,26,30). The Hall–Kier alpha value is -3.02. The molecule has 0 saturated heterocycles. The topological polar surface area (TPSA) is 61.9 Å². The fraction of sp³-hybridized carbons (Fsp3) is 0.440. The fourth-order valence-corrected chi connectivity index (χ4v) is 3.83. The average Bonchev–Trinajstić information content (AvgIpc) is 2.81. The number of ether oxygens (including phenoxy) is 1. The molecule has 0 bridgehead atoms. The van der Waals surface area contributed by atoms with Crippen molar-refractivity contribution in [1.29, 1.82) is 0 Å². The Labute approximate surface area is 185 Å². The molecule has 1 heterocycles. The van der Waals surface area contributed by atoms with Gasteiger partial charge in [-0.15, -0.1) is 0 Å². The van der Waals surface area contributed by atoms with Gasteiger partial charge in [0.15, 0.2) is 6.10 Å². The average molecular weight is 424 g/mol. The number of nitrogens with one attached hydrogen (secondary N) is 1. The number of carbonyl (C=O) groups is 2. The highest BCUT2D eigenvalue weighted by molar-refractivity contribution is 5.86. The first kappa shape index (κ1) is 22.7. The van der Waals surface area contributed by atoms with E-state index in [0.717, 1.165) is 24.1 Å². The van der Waals surface area contributed by atoms with E-state index < -0.39 is 6.10 Å². The molecule has 1 N–H and O–H groups in total. The Balaban J connectivity index is 1.74. The fourth-order valence-electron chi connectivity index (χ4n) is 3.83. The second-order valence-electron chi connectivity index (χ2n) is 8.07. The molecule has 0 aliphatic carbocycles. The zero-order chi connectivity index (χ0) is 22.4. The molecule has 2 aromatic carbocycles. The summed E-state index contributed by atoms with van der Waals surface area (Å²) in [6.45, 7) is 6.65. The van der Waals surface area contributed by atoms with Crippen molar-refractivity contribution in [3.05, 3.63) is 60.2 Å². The first-order valence-corrected chi connectivity index (χ1v) is 11.1. The zero-order valence-corrected chi connectivity index (χ0v) is 18.9. The maximum Gasteiger partial charge on any atom is 0.263 e. The number of amides is 2. The highest BCUT2D eigenvalue weighted by Crippen LogP contribution is 2.33. The Morgan fingerprint density at radius 3 is 2.42 bits per heavy atom. The number of hydrogen-bond donors (Lipinski definition) is 1. The zero-order valence-electron chi connectivity index (χ0n) is 18.9. The molecular formula is C25H33N3O3. The molecule has 2 atom stereocenters. The molecule has 0 fully saturated rings. The van der Waals surface area contributed by atoms with Crippen molar-refractivity contribution in [2.75, 3.05) is 25.0 Å². The minimum Gasteiger partial charge on any atom is -0.477 e. The van der Waals surface area contributed by atoms with Gasteiger partial charge in [-0.05, 0) is 37.5 Å². The Morgan fingerprint density at radius 1 is 1.10 bits per heavy atom. The van der Waals surface area contributed by atoms with Gasteiger partial charge in [0.05, 0.1) is 24.8 Å². The van der Waals surface area contributed by atoms with Crippen molar-refractivity contribution in [3.63, 3.8) is 0 Å². The van der Waals surface area contributed by atoms with Crippen LogP contribution in [0.2, 0.25) is 0 Å². The van der Waals surface area contributed by atoms with E-state index in [9.17, 15) is 9.59 Å². The van der Waals surface area contributed by atoms with Gasteiger partial charge in [0.2, 0.25) is 5.91 Å². The Kier molecular flexibility index (Phi) is 7.55. The minimum atomic E-state index is -0.653.